The highest BCUT2D eigenvalue weighted by molar-refractivity contribution is 7.99. The predicted molar refractivity (Wildman–Crippen MR) is 116 cm³/mol. The zero-order chi connectivity index (χ0) is 23.1. The molecule has 0 saturated heterocycles. The van der Waals surface area contributed by atoms with Crippen molar-refractivity contribution in [3.8, 4) is 17.2 Å². The molecule has 3 aromatic rings. The smallest absolute Gasteiger partial charge is 0.250 e. The van der Waals surface area contributed by atoms with Crippen molar-refractivity contribution >= 4 is 29.9 Å². The van der Waals surface area contributed by atoms with E-state index in [-0.39, 0.29) is 28.4 Å². The fraction of sp³-hybridized carbons (Fsp3) is 0.190. The molecular weight excluding hydrogens is 434 g/mol. The van der Waals surface area contributed by atoms with Crippen LogP contribution in [0.1, 0.15) is 21.7 Å². The maximum Gasteiger partial charge on any atom is 0.250 e. The van der Waals surface area contributed by atoms with E-state index in [0.29, 0.717) is 11.0 Å². The zero-order valence-corrected chi connectivity index (χ0v) is 18.4. The number of aryl methyl sites for hydroxylation is 1. The summed E-state index contributed by atoms with van der Waals surface area (Å²) in [5.41, 5.74) is 3.21. The Morgan fingerprint density at radius 2 is 1.91 bits per heavy atom. The lowest BCUT2D eigenvalue weighted by Crippen LogP contribution is -2.25. The van der Waals surface area contributed by atoms with Crippen LogP contribution in [-0.2, 0) is 4.79 Å². The van der Waals surface area contributed by atoms with Gasteiger partial charge in [0.1, 0.15) is 5.82 Å². The van der Waals surface area contributed by atoms with Gasteiger partial charge >= 0.3 is 0 Å². The highest BCUT2D eigenvalue weighted by Gasteiger charge is 2.16. The van der Waals surface area contributed by atoms with Crippen molar-refractivity contribution in [3.63, 3.8) is 0 Å². The Bertz CT molecular complexity index is 1150. The van der Waals surface area contributed by atoms with Crippen LogP contribution in [0.2, 0.25) is 0 Å². The first-order valence-electron chi connectivity index (χ1n) is 9.34. The van der Waals surface area contributed by atoms with Crippen LogP contribution in [0, 0.1) is 6.92 Å². The van der Waals surface area contributed by atoms with Gasteiger partial charge in [-0.3, -0.25) is 9.36 Å². The molecule has 1 amide bonds. The number of carboxylic acid groups (broad SMARTS) is 1. The number of amides is 1. The molecule has 0 atom stereocenters. The van der Waals surface area contributed by atoms with Gasteiger partial charge in [-0.2, -0.15) is 5.10 Å². The third-order valence-corrected chi connectivity index (χ3v) is 5.25. The van der Waals surface area contributed by atoms with E-state index in [2.05, 4.69) is 20.7 Å². The van der Waals surface area contributed by atoms with E-state index in [1.807, 2.05) is 41.8 Å². The van der Waals surface area contributed by atoms with Gasteiger partial charge < -0.3 is 19.4 Å². The van der Waals surface area contributed by atoms with Crippen LogP contribution in [0.15, 0.2) is 52.7 Å². The predicted octanol–water partition coefficient (Wildman–Crippen LogP) is 1.20. The molecule has 166 valence electrons. The molecule has 10 nitrogen and oxygen atoms in total. The molecule has 0 aliphatic heterocycles. The second-order valence-electron chi connectivity index (χ2n) is 6.34. The SMILES string of the molecule is COc1ccc(/C=N\NC(=O)CSc2nnc(C)n2-c2ccccc2)c(C(=O)[O-])c1OC. The van der Waals surface area contributed by atoms with Gasteiger partial charge in [0.05, 0.1) is 37.7 Å². The summed E-state index contributed by atoms with van der Waals surface area (Å²) in [6.07, 6.45) is 1.20. The van der Waals surface area contributed by atoms with E-state index in [9.17, 15) is 14.7 Å². The first kappa shape index (κ1) is 22.8. The molecule has 1 heterocycles. The van der Waals surface area contributed by atoms with Crippen molar-refractivity contribution in [1.29, 1.82) is 0 Å². The molecule has 1 aromatic heterocycles. The number of rotatable bonds is 9. The number of nitrogens with zero attached hydrogens (tertiary/aromatic N) is 4. The van der Waals surface area contributed by atoms with Crippen LogP contribution >= 0.6 is 11.8 Å². The monoisotopic (exact) mass is 454 g/mol. The fourth-order valence-corrected chi connectivity index (χ4v) is 3.70. The largest absolute Gasteiger partial charge is 0.545 e. The van der Waals surface area contributed by atoms with Crippen molar-refractivity contribution in [1.82, 2.24) is 20.2 Å². The van der Waals surface area contributed by atoms with Crippen molar-refractivity contribution in [2.75, 3.05) is 20.0 Å². The van der Waals surface area contributed by atoms with E-state index in [1.165, 1.54) is 44.3 Å². The summed E-state index contributed by atoms with van der Waals surface area (Å²) in [5.74, 6) is -0.889. The molecule has 0 unspecified atom stereocenters. The molecule has 3 rings (SSSR count). The zero-order valence-electron chi connectivity index (χ0n) is 17.6. The lowest BCUT2D eigenvalue weighted by molar-refractivity contribution is -0.255. The quantitative estimate of drug-likeness (QED) is 0.290. The molecule has 0 fully saturated rings. The number of aromatic carboxylic acids is 1. The lowest BCUT2D eigenvalue weighted by atomic mass is 10.1. The van der Waals surface area contributed by atoms with Gasteiger partial charge in [-0.15, -0.1) is 10.2 Å². The van der Waals surface area contributed by atoms with E-state index in [1.54, 1.807) is 0 Å². The molecule has 0 aliphatic rings. The van der Waals surface area contributed by atoms with Gasteiger partial charge in [0.25, 0.3) is 5.91 Å². The molecule has 2 aromatic carbocycles. The fourth-order valence-electron chi connectivity index (χ4n) is 2.91. The summed E-state index contributed by atoms with van der Waals surface area (Å²) in [7, 11) is 2.71. The van der Waals surface area contributed by atoms with Crippen molar-refractivity contribution in [3.05, 3.63) is 59.4 Å². The van der Waals surface area contributed by atoms with E-state index < -0.39 is 11.9 Å². The lowest BCUT2D eigenvalue weighted by Gasteiger charge is -2.15. The van der Waals surface area contributed by atoms with E-state index >= 15 is 0 Å². The minimum absolute atomic E-state index is 0.00829. The van der Waals surface area contributed by atoms with Crippen molar-refractivity contribution < 1.29 is 24.2 Å². The number of carbonyl (C=O) groups excluding carboxylic acids is 2. The summed E-state index contributed by atoms with van der Waals surface area (Å²) in [6.45, 7) is 1.83. The topological polar surface area (TPSA) is 131 Å². The van der Waals surface area contributed by atoms with E-state index in [4.69, 9.17) is 9.47 Å². The highest BCUT2D eigenvalue weighted by atomic mass is 32.2. The van der Waals surface area contributed by atoms with Gasteiger partial charge in [-0.1, -0.05) is 30.0 Å². The number of carbonyl (C=O) groups is 2. The summed E-state index contributed by atoms with van der Waals surface area (Å²) >= 11 is 1.20. The number of para-hydroxylation sites is 1. The standard InChI is InChI=1S/C21H21N5O5S/c1-13-23-25-21(26(13)15-7-5-4-6-8-15)32-12-17(27)24-22-11-14-9-10-16(30-2)19(31-3)18(14)20(28)29/h4-11H,12H2,1-3H3,(H,24,27)(H,28,29)/p-1/b22-11-. The Balaban J connectivity index is 1.68. The summed E-state index contributed by atoms with van der Waals surface area (Å²) in [6, 6.07) is 12.6. The van der Waals surface area contributed by atoms with E-state index in [0.717, 1.165) is 5.69 Å². The van der Waals surface area contributed by atoms with Crippen LogP contribution in [0.5, 0.6) is 11.5 Å². The molecule has 0 spiro atoms. The summed E-state index contributed by atoms with van der Waals surface area (Å²) < 4.78 is 12.1. The van der Waals surface area contributed by atoms with Crippen LogP contribution in [0.3, 0.4) is 0 Å². The van der Waals surface area contributed by atoms with Crippen molar-refractivity contribution in [2.45, 2.75) is 12.1 Å². The first-order chi connectivity index (χ1) is 15.5. The molecule has 0 bridgehead atoms. The first-order valence-corrected chi connectivity index (χ1v) is 10.3. The Hall–Kier alpha value is -3.86. The normalized spacial score (nSPS) is 10.8. The molecule has 0 aliphatic carbocycles. The molecule has 11 heteroatoms. The number of nitrogens with one attached hydrogen (secondary N) is 1. The number of hydrogen-bond donors (Lipinski definition) is 1. The molecular formula is C21H20N5O5S-. The second kappa shape index (κ2) is 10.4. The number of benzene rings is 2. The average Bonchev–Trinajstić information content (AvgIpc) is 3.17. The highest BCUT2D eigenvalue weighted by Crippen LogP contribution is 2.32. The van der Waals surface area contributed by atoms with Gasteiger partial charge in [-0.05, 0) is 31.2 Å². The number of ether oxygens (including phenoxy) is 2. The Morgan fingerprint density at radius 1 is 1.16 bits per heavy atom. The minimum atomic E-state index is -1.46. The van der Waals surface area contributed by atoms with Crippen LogP contribution < -0.4 is 20.0 Å². The number of carboxylic acids is 1. The number of hydrogen-bond acceptors (Lipinski definition) is 9. The molecule has 32 heavy (non-hydrogen) atoms. The Kier molecular flexibility index (Phi) is 7.45. The van der Waals surface area contributed by atoms with Gasteiger partial charge in [-0.25, -0.2) is 5.43 Å². The van der Waals surface area contributed by atoms with Gasteiger partial charge in [0.15, 0.2) is 16.7 Å². The number of methoxy groups -OCH3 is 2. The minimum Gasteiger partial charge on any atom is -0.545 e. The molecule has 1 N–H and O–H groups in total. The van der Waals surface area contributed by atoms with Crippen LogP contribution in [0.4, 0.5) is 0 Å². The summed E-state index contributed by atoms with van der Waals surface area (Å²) in [5, 5.41) is 24.2. The van der Waals surface area contributed by atoms with Crippen LogP contribution in [-0.4, -0.2) is 52.8 Å². The average molecular weight is 454 g/mol. The number of thioether (sulfide) groups is 1. The third-order valence-electron chi connectivity index (χ3n) is 4.32. The Morgan fingerprint density at radius 3 is 2.56 bits per heavy atom. The Labute approximate surface area is 188 Å². The summed E-state index contributed by atoms with van der Waals surface area (Å²) in [4.78, 5) is 23.8. The number of aromatic nitrogens is 3. The molecule has 0 radical (unpaired) electrons. The second-order valence-corrected chi connectivity index (χ2v) is 7.28. The maximum absolute atomic E-state index is 12.2. The third kappa shape index (κ3) is 5.06. The van der Waals surface area contributed by atoms with Crippen LogP contribution in [0.25, 0.3) is 5.69 Å². The maximum atomic E-state index is 12.2. The van der Waals surface area contributed by atoms with Gasteiger partial charge in [0, 0.05) is 11.3 Å². The van der Waals surface area contributed by atoms with Crippen molar-refractivity contribution in [2.24, 2.45) is 5.10 Å². The number of hydrazone groups is 1. The van der Waals surface area contributed by atoms with Gasteiger partial charge in [0.2, 0.25) is 0 Å². The molecule has 0 saturated carbocycles.